The highest BCUT2D eigenvalue weighted by Gasteiger charge is 2.37. The lowest BCUT2D eigenvalue weighted by Gasteiger charge is -2.22. The number of methoxy groups -OCH3 is 1. The summed E-state index contributed by atoms with van der Waals surface area (Å²) in [6.07, 6.45) is 5.11. The van der Waals surface area contributed by atoms with Crippen LogP contribution in [0.15, 0.2) is 41.3 Å². The van der Waals surface area contributed by atoms with E-state index < -0.39 is 17.1 Å². The minimum atomic E-state index is -0.712. The van der Waals surface area contributed by atoms with Crippen LogP contribution in [0.2, 0.25) is 5.02 Å². The van der Waals surface area contributed by atoms with Gasteiger partial charge < -0.3 is 9.47 Å². The van der Waals surface area contributed by atoms with Gasteiger partial charge in [-0.1, -0.05) is 18.5 Å². The largest absolute Gasteiger partial charge is 0.495 e. The Kier molecular flexibility index (Phi) is 6.02. The molecule has 0 bridgehead atoms. The summed E-state index contributed by atoms with van der Waals surface area (Å²) < 4.78 is 12.3. The Balaban J connectivity index is 2.19. The molecular weight excluding hydrogens is 416 g/mol. The number of benzene rings is 1. The molecule has 7 heteroatoms. The van der Waals surface area contributed by atoms with Crippen LogP contribution in [-0.2, 0) is 9.53 Å². The van der Waals surface area contributed by atoms with Crippen molar-refractivity contribution in [3.63, 3.8) is 0 Å². The van der Waals surface area contributed by atoms with E-state index in [1.54, 1.807) is 45.0 Å². The van der Waals surface area contributed by atoms with Crippen LogP contribution in [-0.4, -0.2) is 23.2 Å². The fourth-order valence-electron chi connectivity index (χ4n) is 3.14. The third kappa shape index (κ3) is 5.18. The first-order chi connectivity index (χ1) is 14.5. The normalized spacial score (nSPS) is 15.2. The van der Waals surface area contributed by atoms with Gasteiger partial charge in [-0.15, -0.1) is 0 Å². The lowest BCUT2D eigenvalue weighted by atomic mass is 10.0. The quantitative estimate of drug-likeness (QED) is 0.481. The molecule has 0 saturated heterocycles. The van der Waals surface area contributed by atoms with Crippen LogP contribution in [0.3, 0.4) is 0 Å². The van der Waals surface area contributed by atoms with E-state index in [2.05, 4.69) is 6.07 Å². The van der Waals surface area contributed by atoms with Crippen LogP contribution in [0.25, 0.3) is 16.8 Å². The van der Waals surface area contributed by atoms with Gasteiger partial charge in [0.05, 0.1) is 24.9 Å². The van der Waals surface area contributed by atoms with Gasteiger partial charge in [-0.05, 0) is 63.3 Å². The average molecular weight is 441 g/mol. The fourth-order valence-corrected chi connectivity index (χ4v) is 3.31. The Morgan fingerprint density at radius 3 is 2.48 bits per heavy atom. The molecular formula is C24H25ClN2O4. The monoisotopic (exact) mass is 440 g/mol. The molecule has 6 nitrogen and oxygen atoms in total. The van der Waals surface area contributed by atoms with Crippen molar-refractivity contribution in [2.75, 3.05) is 7.11 Å². The molecule has 2 aromatic rings. The SMILES string of the molecule is COc1cn(C(=CC2(C)CC2)C(=O)OC(C)(C)C)c(=O)cc1-c1cc(Cl)ccc1C#N. The number of pyridine rings is 1. The van der Waals surface area contributed by atoms with Gasteiger partial charge in [0.1, 0.15) is 17.0 Å². The predicted molar refractivity (Wildman–Crippen MR) is 120 cm³/mol. The van der Waals surface area contributed by atoms with E-state index in [1.807, 2.05) is 6.92 Å². The smallest absolute Gasteiger partial charge is 0.355 e. The van der Waals surface area contributed by atoms with E-state index in [0.717, 1.165) is 12.8 Å². The standard InChI is InChI=1S/C24H25ClN2O4/c1-23(2,3)31-22(29)19(12-24(4)8-9-24)27-14-20(30-5)18(11-21(27)28)17-10-16(25)7-6-15(17)13-26/h6-7,10-12,14H,8-9H2,1-5H3. The van der Waals surface area contributed by atoms with Crippen LogP contribution in [0.4, 0.5) is 0 Å². The Labute approximate surface area is 186 Å². The Morgan fingerprint density at radius 2 is 1.94 bits per heavy atom. The summed E-state index contributed by atoms with van der Waals surface area (Å²) in [5.74, 6) is -0.258. The molecule has 0 aliphatic heterocycles. The van der Waals surface area contributed by atoms with Crippen LogP contribution in [0.1, 0.15) is 46.1 Å². The second kappa shape index (κ2) is 8.24. The minimum absolute atomic E-state index is 0.149. The number of aromatic nitrogens is 1. The van der Waals surface area contributed by atoms with Crippen molar-refractivity contribution in [2.45, 2.75) is 46.1 Å². The summed E-state index contributed by atoms with van der Waals surface area (Å²) in [7, 11) is 1.46. The number of carbonyl (C=O) groups is 1. The molecule has 0 amide bonds. The zero-order chi connectivity index (χ0) is 23.0. The van der Waals surface area contributed by atoms with Gasteiger partial charge in [0.15, 0.2) is 0 Å². The van der Waals surface area contributed by atoms with Gasteiger partial charge >= 0.3 is 5.97 Å². The first-order valence-corrected chi connectivity index (χ1v) is 10.3. The molecule has 1 heterocycles. The lowest BCUT2D eigenvalue weighted by Crippen LogP contribution is -2.30. The van der Waals surface area contributed by atoms with Crippen molar-refractivity contribution in [3.05, 3.63) is 57.5 Å². The molecule has 0 atom stereocenters. The highest BCUT2D eigenvalue weighted by atomic mass is 35.5. The topological polar surface area (TPSA) is 81.3 Å². The van der Waals surface area contributed by atoms with E-state index >= 15 is 0 Å². The van der Waals surface area contributed by atoms with Crippen molar-refractivity contribution in [3.8, 4) is 22.9 Å². The number of allylic oxidation sites excluding steroid dienone is 1. The average Bonchev–Trinajstić information content (AvgIpc) is 3.42. The number of nitrogens with zero attached hydrogens (tertiary/aromatic N) is 2. The zero-order valence-corrected chi connectivity index (χ0v) is 19.0. The van der Waals surface area contributed by atoms with Crippen LogP contribution in [0.5, 0.6) is 5.75 Å². The first-order valence-electron chi connectivity index (χ1n) is 9.94. The molecule has 1 aliphatic carbocycles. The van der Waals surface area contributed by atoms with E-state index in [-0.39, 0.29) is 11.1 Å². The van der Waals surface area contributed by atoms with Gasteiger partial charge in [0.25, 0.3) is 5.56 Å². The summed E-state index contributed by atoms with van der Waals surface area (Å²) >= 11 is 6.12. The maximum absolute atomic E-state index is 13.1. The molecule has 0 N–H and O–H groups in total. The van der Waals surface area contributed by atoms with Crippen molar-refractivity contribution in [1.29, 1.82) is 5.26 Å². The van der Waals surface area contributed by atoms with E-state index in [0.29, 0.717) is 27.5 Å². The van der Waals surface area contributed by atoms with Gasteiger partial charge in [-0.3, -0.25) is 9.36 Å². The highest BCUT2D eigenvalue weighted by molar-refractivity contribution is 6.31. The molecule has 162 valence electrons. The second-order valence-corrected chi connectivity index (χ2v) is 9.39. The van der Waals surface area contributed by atoms with E-state index in [4.69, 9.17) is 21.1 Å². The van der Waals surface area contributed by atoms with Gasteiger partial charge in [0.2, 0.25) is 0 Å². The van der Waals surface area contributed by atoms with Gasteiger partial charge in [-0.25, -0.2) is 4.79 Å². The van der Waals surface area contributed by atoms with Crippen molar-refractivity contribution in [2.24, 2.45) is 5.41 Å². The molecule has 0 unspecified atom stereocenters. The Bertz CT molecular complexity index is 1160. The Morgan fingerprint density at radius 1 is 1.26 bits per heavy atom. The number of carbonyl (C=O) groups excluding carboxylic acids is 1. The molecule has 1 aromatic heterocycles. The molecule has 0 spiro atoms. The summed E-state index contributed by atoms with van der Waals surface area (Å²) in [4.78, 5) is 26.1. The summed E-state index contributed by atoms with van der Waals surface area (Å²) in [5, 5.41) is 9.90. The highest BCUT2D eigenvalue weighted by Crippen LogP contribution is 2.47. The van der Waals surface area contributed by atoms with Crippen molar-refractivity contribution in [1.82, 2.24) is 4.57 Å². The first kappa shape index (κ1) is 22.6. The number of hydrogen-bond acceptors (Lipinski definition) is 5. The summed E-state index contributed by atoms with van der Waals surface area (Å²) in [6.45, 7) is 7.35. The van der Waals surface area contributed by atoms with E-state index in [1.165, 1.54) is 23.9 Å². The van der Waals surface area contributed by atoms with Crippen LogP contribution in [0, 0.1) is 16.7 Å². The Hall–Kier alpha value is -3.04. The third-order valence-corrected chi connectivity index (χ3v) is 5.26. The number of halogens is 1. The molecule has 1 aromatic carbocycles. The fraction of sp³-hybridized carbons (Fsp3) is 0.375. The van der Waals surface area contributed by atoms with Gasteiger partial charge in [-0.2, -0.15) is 5.26 Å². The van der Waals surface area contributed by atoms with Crippen molar-refractivity contribution < 1.29 is 14.3 Å². The second-order valence-electron chi connectivity index (χ2n) is 8.95. The third-order valence-electron chi connectivity index (χ3n) is 5.02. The maximum Gasteiger partial charge on any atom is 0.355 e. The number of ether oxygens (including phenoxy) is 2. The lowest BCUT2D eigenvalue weighted by molar-refractivity contribution is -0.147. The maximum atomic E-state index is 13.1. The minimum Gasteiger partial charge on any atom is -0.495 e. The summed E-state index contributed by atoms with van der Waals surface area (Å²) in [5.41, 5.74) is 0.0950. The summed E-state index contributed by atoms with van der Waals surface area (Å²) in [6, 6.07) is 8.25. The number of esters is 1. The molecule has 1 aliphatic rings. The molecule has 31 heavy (non-hydrogen) atoms. The van der Waals surface area contributed by atoms with E-state index in [9.17, 15) is 14.9 Å². The zero-order valence-electron chi connectivity index (χ0n) is 18.3. The predicted octanol–water partition coefficient (Wildman–Crippen LogP) is 5.03. The molecule has 1 fully saturated rings. The molecule has 1 saturated carbocycles. The molecule has 0 radical (unpaired) electrons. The number of rotatable bonds is 5. The number of nitriles is 1. The van der Waals surface area contributed by atoms with Crippen LogP contribution >= 0.6 is 11.6 Å². The molecule has 3 rings (SSSR count). The van der Waals surface area contributed by atoms with Gasteiger partial charge in [0, 0.05) is 22.2 Å². The van der Waals surface area contributed by atoms with Crippen LogP contribution < -0.4 is 10.3 Å². The number of hydrogen-bond donors (Lipinski definition) is 0. The van der Waals surface area contributed by atoms with Crippen molar-refractivity contribution >= 4 is 23.3 Å².